The molecule has 0 aromatic heterocycles. The maximum atomic E-state index is 12.8. The van der Waals surface area contributed by atoms with Gasteiger partial charge in [-0.1, -0.05) is 54.1 Å². The molecule has 1 atom stereocenters. The van der Waals surface area contributed by atoms with Gasteiger partial charge in [0.05, 0.1) is 5.56 Å². The van der Waals surface area contributed by atoms with Gasteiger partial charge in [0.15, 0.2) is 0 Å². The number of halogens is 3. The van der Waals surface area contributed by atoms with E-state index in [2.05, 4.69) is 17.4 Å². The molecular formula is C19H18F3N. The molecule has 0 amide bonds. The molecule has 1 unspecified atom stereocenters. The SMILES string of the molecule is FC(F)(F)c1cccc(C=C2CCNC(c3ccccc3)C2)c1. The van der Waals surface area contributed by atoms with Gasteiger partial charge in [-0.3, -0.25) is 0 Å². The van der Waals surface area contributed by atoms with Crippen LogP contribution < -0.4 is 5.32 Å². The van der Waals surface area contributed by atoms with Crippen molar-refractivity contribution in [2.45, 2.75) is 25.1 Å². The van der Waals surface area contributed by atoms with Crippen LogP contribution in [0.15, 0.2) is 60.2 Å². The number of piperidine rings is 1. The Hall–Kier alpha value is -2.07. The second-order valence-corrected chi connectivity index (χ2v) is 5.80. The minimum Gasteiger partial charge on any atom is -0.309 e. The van der Waals surface area contributed by atoms with E-state index in [0.29, 0.717) is 5.56 Å². The summed E-state index contributed by atoms with van der Waals surface area (Å²) < 4.78 is 38.4. The molecule has 1 heterocycles. The van der Waals surface area contributed by atoms with Gasteiger partial charge in [-0.25, -0.2) is 0 Å². The van der Waals surface area contributed by atoms with Crippen molar-refractivity contribution >= 4 is 6.08 Å². The lowest BCUT2D eigenvalue weighted by atomic mass is 9.92. The van der Waals surface area contributed by atoms with Crippen molar-refractivity contribution in [1.29, 1.82) is 0 Å². The van der Waals surface area contributed by atoms with Crippen LogP contribution in [-0.2, 0) is 6.18 Å². The first-order valence-electron chi connectivity index (χ1n) is 7.67. The highest BCUT2D eigenvalue weighted by atomic mass is 19.4. The molecule has 4 heteroatoms. The quantitative estimate of drug-likeness (QED) is 0.801. The number of rotatable bonds is 2. The third-order valence-electron chi connectivity index (χ3n) is 4.09. The molecule has 23 heavy (non-hydrogen) atoms. The highest BCUT2D eigenvalue weighted by Gasteiger charge is 2.30. The molecule has 1 nitrogen and oxygen atoms in total. The van der Waals surface area contributed by atoms with Crippen LogP contribution in [0.4, 0.5) is 13.2 Å². The minimum atomic E-state index is -4.30. The zero-order valence-corrected chi connectivity index (χ0v) is 12.6. The van der Waals surface area contributed by atoms with Crippen LogP contribution in [0.5, 0.6) is 0 Å². The zero-order valence-electron chi connectivity index (χ0n) is 12.6. The molecule has 1 fully saturated rings. The fourth-order valence-electron chi connectivity index (χ4n) is 2.94. The Kier molecular flexibility index (Phi) is 4.53. The van der Waals surface area contributed by atoms with Crippen LogP contribution in [0.25, 0.3) is 6.08 Å². The van der Waals surface area contributed by atoms with Crippen molar-refractivity contribution in [3.05, 3.63) is 76.9 Å². The number of nitrogens with one attached hydrogen (secondary N) is 1. The maximum Gasteiger partial charge on any atom is 0.416 e. The van der Waals surface area contributed by atoms with Crippen molar-refractivity contribution in [1.82, 2.24) is 5.32 Å². The largest absolute Gasteiger partial charge is 0.416 e. The number of hydrogen-bond donors (Lipinski definition) is 1. The Bertz CT molecular complexity index is 689. The second kappa shape index (κ2) is 6.59. The van der Waals surface area contributed by atoms with Gasteiger partial charge in [-0.15, -0.1) is 0 Å². The molecule has 0 saturated carbocycles. The van der Waals surface area contributed by atoms with Crippen LogP contribution in [-0.4, -0.2) is 6.54 Å². The third-order valence-corrected chi connectivity index (χ3v) is 4.09. The Morgan fingerprint density at radius 3 is 2.52 bits per heavy atom. The van der Waals surface area contributed by atoms with Crippen LogP contribution in [0.2, 0.25) is 0 Å². The average molecular weight is 317 g/mol. The van der Waals surface area contributed by atoms with Gasteiger partial charge in [-0.2, -0.15) is 13.2 Å². The van der Waals surface area contributed by atoms with Crippen LogP contribution in [0.1, 0.15) is 35.6 Å². The van der Waals surface area contributed by atoms with E-state index in [4.69, 9.17) is 0 Å². The topological polar surface area (TPSA) is 12.0 Å². The Labute approximate surface area is 133 Å². The molecule has 1 N–H and O–H groups in total. The standard InChI is InChI=1S/C19H18F3N/c20-19(21,22)17-8-4-5-14(12-17)11-15-9-10-23-18(13-15)16-6-2-1-3-7-16/h1-8,11-12,18,23H,9-10,13H2. The van der Waals surface area contributed by atoms with Crippen molar-refractivity contribution in [3.63, 3.8) is 0 Å². The van der Waals surface area contributed by atoms with Gasteiger partial charge in [0.2, 0.25) is 0 Å². The first-order chi connectivity index (χ1) is 11.0. The normalized spacial score (nSPS) is 20.7. The first kappa shape index (κ1) is 15.8. The molecule has 0 aliphatic carbocycles. The highest BCUT2D eigenvalue weighted by Crippen LogP contribution is 2.31. The molecule has 0 spiro atoms. The van der Waals surface area contributed by atoms with Crippen molar-refractivity contribution in [3.8, 4) is 0 Å². The lowest BCUT2D eigenvalue weighted by Gasteiger charge is -2.26. The van der Waals surface area contributed by atoms with Gasteiger partial charge in [0.25, 0.3) is 0 Å². The zero-order chi connectivity index (χ0) is 16.3. The van der Waals surface area contributed by atoms with E-state index < -0.39 is 11.7 Å². The third kappa shape index (κ3) is 4.02. The molecule has 2 aromatic carbocycles. The van der Waals surface area contributed by atoms with E-state index in [0.717, 1.165) is 25.5 Å². The summed E-state index contributed by atoms with van der Waals surface area (Å²) in [7, 11) is 0. The van der Waals surface area contributed by atoms with Crippen LogP contribution >= 0.6 is 0 Å². The van der Waals surface area contributed by atoms with Crippen molar-refractivity contribution < 1.29 is 13.2 Å². The van der Waals surface area contributed by atoms with E-state index in [-0.39, 0.29) is 6.04 Å². The highest BCUT2D eigenvalue weighted by molar-refractivity contribution is 5.54. The predicted molar refractivity (Wildman–Crippen MR) is 85.8 cm³/mol. The molecule has 1 saturated heterocycles. The smallest absolute Gasteiger partial charge is 0.309 e. The van der Waals surface area contributed by atoms with Crippen molar-refractivity contribution in [2.24, 2.45) is 0 Å². The number of alkyl halides is 3. The van der Waals surface area contributed by atoms with Crippen molar-refractivity contribution in [2.75, 3.05) is 6.54 Å². The average Bonchev–Trinajstić information content (AvgIpc) is 2.55. The lowest BCUT2D eigenvalue weighted by molar-refractivity contribution is -0.137. The molecule has 3 rings (SSSR count). The summed E-state index contributed by atoms with van der Waals surface area (Å²) in [6.45, 7) is 0.838. The molecule has 0 bridgehead atoms. The summed E-state index contributed by atoms with van der Waals surface area (Å²) in [6, 6.07) is 15.9. The van der Waals surface area contributed by atoms with E-state index in [1.807, 2.05) is 24.3 Å². The lowest BCUT2D eigenvalue weighted by Crippen LogP contribution is -2.28. The molecule has 1 aliphatic rings. The minimum absolute atomic E-state index is 0.224. The second-order valence-electron chi connectivity index (χ2n) is 5.80. The Morgan fingerprint density at radius 2 is 1.78 bits per heavy atom. The molecule has 0 radical (unpaired) electrons. The van der Waals surface area contributed by atoms with Gasteiger partial charge in [0, 0.05) is 6.04 Å². The van der Waals surface area contributed by atoms with Crippen LogP contribution in [0, 0.1) is 0 Å². The summed E-state index contributed by atoms with van der Waals surface area (Å²) >= 11 is 0. The molecule has 2 aromatic rings. The predicted octanol–water partition coefficient (Wildman–Crippen LogP) is 5.21. The fraction of sp³-hybridized carbons (Fsp3) is 0.263. The van der Waals surface area contributed by atoms with Gasteiger partial charge in [-0.05, 0) is 42.6 Å². The van der Waals surface area contributed by atoms with Crippen LogP contribution in [0.3, 0.4) is 0 Å². The fourth-order valence-corrected chi connectivity index (χ4v) is 2.94. The summed E-state index contributed by atoms with van der Waals surface area (Å²) in [4.78, 5) is 0. The maximum absolute atomic E-state index is 12.8. The first-order valence-corrected chi connectivity index (χ1v) is 7.67. The molecular weight excluding hydrogens is 299 g/mol. The summed E-state index contributed by atoms with van der Waals surface area (Å²) in [5.41, 5.74) is 2.41. The van der Waals surface area contributed by atoms with E-state index in [1.165, 1.54) is 23.3 Å². The molecule has 1 aliphatic heterocycles. The van der Waals surface area contributed by atoms with E-state index in [9.17, 15) is 13.2 Å². The Balaban J connectivity index is 1.80. The summed E-state index contributed by atoms with van der Waals surface area (Å²) in [5.74, 6) is 0. The van der Waals surface area contributed by atoms with Gasteiger partial charge < -0.3 is 5.32 Å². The van der Waals surface area contributed by atoms with E-state index in [1.54, 1.807) is 6.07 Å². The van der Waals surface area contributed by atoms with Gasteiger partial charge in [0.1, 0.15) is 0 Å². The summed E-state index contributed by atoms with van der Waals surface area (Å²) in [5, 5.41) is 3.47. The monoisotopic (exact) mass is 317 g/mol. The van der Waals surface area contributed by atoms with E-state index >= 15 is 0 Å². The number of benzene rings is 2. The number of hydrogen-bond acceptors (Lipinski definition) is 1. The molecule has 120 valence electrons. The van der Waals surface area contributed by atoms with Gasteiger partial charge >= 0.3 is 6.18 Å². The summed E-state index contributed by atoms with van der Waals surface area (Å²) in [6.07, 6.45) is -0.721. The Morgan fingerprint density at radius 1 is 1.00 bits per heavy atom.